The Morgan fingerprint density at radius 3 is 2.52 bits per heavy atom. The smallest absolute Gasteiger partial charge is 0.258 e. The molecule has 7 heteroatoms. The Kier molecular flexibility index (Phi) is 4.13. The normalized spacial score (nSPS) is 17.0. The van der Waals surface area contributed by atoms with Gasteiger partial charge in [-0.2, -0.15) is 0 Å². The number of hydrogen-bond acceptors (Lipinski definition) is 3. The third kappa shape index (κ3) is 2.98. The minimum absolute atomic E-state index is 0.162. The molecule has 1 amide bonds. The van der Waals surface area contributed by atoms with Gasteiger partial charge in [0.05, 0.1) is 29.4 Å². The van der Waals surface area contributed by atoms with Crippen LogP contribution in [0, 0.1) is 0 Å². The second-order valence-corrected chi connectivity index (χ2v) is 7.99. The highest BCUT2D eigenvalue weighted by Gasteiger charge is 2.51. The van der Waals surface area contributed by atoms with E-state index in [9.17, 15) is 4.79 Å². The van der Waals surface area contributed by atoms with Gasteiger partial charge in [0.25, 0.3) is 5.91 Å². The lowest BCUT2D eigenvalue weighted by Gasteiger charge is -2.35. The summed E-state index contributed by atoms with van der Waals surface area (Å²) in [6.45, 7) is 0.516. The Morgan fingerprint density at radius 2 is 1.92 bits per heavy atom. The Bertz CT molecular complexity index is 860. The largest absolute Gasteiger partial charge is 0.494 e. The molecule has 0 saturated heterocycles. The van der Waals surface area contributed by atoms with Crippen LogP contribution in [0.25, 0.3) is 0 Å². The maximum absolute atomic E-state index is 13.2. The first-order chi connectivity index (χ1) is 11.9. The van der Waals surface area contributed by atoms with Crippen LogP contribution in [0.4, 0.5) is 5.69 Å². The number of carbonyl (C=O) groups excluding carboxylic acids is 1. The molecule has 1 spiro atoms. The first kappa shape index (κ1) is 17.0. The van der Waals surface area contributed by atoms with Crippen molar-refractivity contribution in [2.75, 3.05) is 18.6 Å². The zero-order chi connectivity index (χ0) is 17.8. The SMILES string of the molecule is COc1c(Cl)cc(C(=O)N2CC3(CC3)Oc3cc(Br)ccc32)cc1Cl. The van der Waals surface area contributed by atoms with Crippen molar-refractivity contribution < 1.29 is 14.3 Å². The molecule has 1 fully saturated rings. The highest BCUT2D eigenvalue weighted by Crippen LogP contribution is 2.49. The summed E-state index contributed by atoms with van der Waals surface area (Å²) in [5.74, 6) is 0.909. The van der Waals surface area contributed by atoms with Crippen LogP contribution in [0.3, 0.4) is 0 Å². The summed E-state index contributed by atoms with van der Waals surface area (Å²) in [6.07, 6.45) is 1.87. The molecule has 25 heavy (non-hydrogen) atoms. The lowest BCUT2D eigenvalue weighted by Crippen LogP contribution is -2.45. The highest BCUT2D eigenvalue weighted by molar-refractivity contribution is 9.10. The van der Waals surface area contributed by atoms with Gasteiger partial charge in [-0.3, -0.25) is 4.79 Å². The van der Waals surface area contributed by atoms with Crippen molar-refractivity contribution in [3.8, 4) is 11.5 Å². The van der Waals surface area contributed by atoms with Crippen LogP contribution < -0.4 is 14.4 Å². The van der Waals surface area contributed by atoms with Gasteiger partial charge in [0.1, 0.15) is 11.4 Å². The molecule has 2 aliphatic rings. The van der Waals surface area contributed by atoms with Crippen molar-refractivity contribution in [3.63, 3.8) is 0 Å². The lowest BCUT2D eigenvalue weighted by atomic mass is 10.1. The number of rotatable bonds is 2. The second-order valence-electron chi connectivity index (χ2n) is 6.26. The van der Waals surface area contributed by atoms with Gasteiger partial charge >= 0.3 is 0 Å². The van der Waals surface area contributed by atoms with Crippen LogP contribution in [0.2, 0.25) is 10.0 Å². The van der Waals surface area contributed by atoms with E-state index in [2.05, 4.69) is 15.9 Å². The molecule has 0 radical (unpaired) electrons. The third-order valence-corrected chi connectivity index (χ3v) is 5.54. The molecule has 2 aromatic rings. The number of nitrogens with zero attached hydrogens (tertiary/aromatic N) is 1. The van der Waals surface area contributed by atoms with E-state index in [1.165, 1.54) is 7.11 Å². The number of fused-ring (bicyclic) bond motifs is 1. The number of ether oxygens (including phenoxy) is 2. The number of anilines is 1. The van der Waals surface area contributed by atoms with E-state index in [1.54, 1.807) is 17.0 Å². The van der Waals surface area contributed by atoms with Gasteiger partial charge in [0.2, 0.25) is 0 Å². The molecule has 1 heterocycles. The lowest BCUT2D eigenvalue weighted by molar-refractivity contribution is 0.0943. The fourth-order valence-corrected chi connectivity index (χ4v) is 4.03. The molecule has 4 rings (SSSR count). The van der Waals surface area contributed by atoms with Crippen molar-refractivity contribution in [2.45, 2.75) is 18.4 Å². The average molecular weight is 443 g/mol. The van der Waals surface area contributed by atoms with Crippen LogP contribution in [0.5, 0.6) is 11.5 Å². The number of methoxy groups -OCH3 is 1. The van der Waals surface area contributed by atoms with E-state index < -0.39 is 0 Å². The molecule has 0 bridgehead atoms. The van der Waals surface area contributed by atoms with E-state index in [0.29, 0.717) is 33.7 Å². The van der Waals surface area contributed by atoms with Gasteiger partial charge in [0.15, 0.2) is 5.75 Å². The van der Waals surface area contributed by atoms with Crippen molar-refractivity contribution in [1.29, 1.82) is 0 Å². The molecule has 1 aliphatic heterocycles. The molecular formula is C18H14BrCl2NO3. The minimum Gasteiger partial charge on any atom is -0.494 e. The van der Waals surface area contributed by atoms with Crippen LogP contribution in [0.15, 0.2) is 34.8 Å². The van der Waals surface area contributed by atoms with Crippen LogP contribution >= 0.6 is 39.1 Å². The quantitative estimate of drug-likeness (QED) is 0.630. The highest BCUT2D eigenvalue weighted by atomic mass is 79.9. The monoisotopic (exact) mass is 441 g/mol. The molecule has 0 N–H and O–H groups in total. The molecule has 1 saturated carbocycles. The summed E-state index contributed by atoms with van der Waals surface area (Å²) < 4.78 is 12.2. The van der Waals surface area contributed by atoms with E-state index in [1.807, 2.05) is 18.2 Å². The zero-order valence-corrected chi connectivity index (χ0v) is 16.4. The maximum Gasteiger partial charge on any atom is 0.258 e. The minimum atomic E-state index is -0.274. The molecule has 0 aromatic heterocycles. The van der Waals surface area contributed by atoms with Gasteiger partial charge < -0.3 is 14.4 Å². The van der Waals surface area contributed by atoms with Crippen LogP contribution in [0.1, 0.15) is 23.2 Å². The topological polar surface area (TPSA) is 38.8 Å². The Balaban J connectivity index is 1.76. The number of hydrogen-bond donors (Lipinski definition) is 0. The number of benzene rings is 2. The standard InChI is InChI=1S/C18H14BrCl2NO3/c1-24-16-12(20)6-10(7-13(16)21)17(23)22-9-18(4-5-18)25-15-8-11(19)2-3-14(15)22/h2-3,6-8H,4-5,9H2,1H3. The summed E-state index contributed by atoms with van der Waals surface area (Å²) in [6, 6.07) is 8.83. The van der Waals surface area contributed by atoms with Gasteiger partial charge in [-0.1, -0.05) is 39.1 Å². The second kappa shape index (κ2) is 6.08. The summed E-state index contributed by atoms with van der Waals surface area (Å²) in [5, 5.41) is 0.618. The summed E-state index contributed by atoms with van der Waals surface area (Å²) in [4.78, 5) is 14.9. The van der Waals surface area contributed by atoms with E-state index in [0.717, 1.165) is 23.0 Å². The molecular weight excluding hydrogens is 429 g/mol. The number of amides is 1. The summed E-state index contributed by atoms with van der Waals surface area (Å²) >= 11 is 15.8. The van der Waals surface area contributed by atoms with Crippen molar-refractivity contribution in [3.05, 3.63) is 50.4 Å². The molecule has 2 aromatic carbocycles. The van der Waals surface area contributed by atoms with Crippen molar-refractivity contribution >= 4 is 50.7 Å². The zero-order valence-electron chi connectivity index (χ0n) is 13.3. The number of halogens is 3. The fourth-order valence-electron chi connectivity index (χ4n) is 3.05. The number of carbonyl (C=O) groups is 1. The summed E-state index contributed by atoms with van der Waals surface area (Å²) in [5.41, 5.74) is 0.889. The molecule has 0 atom stereocenters. The molecule has 0 unspecified atom stereocenters. The van der Waals surface area contributed by atoms with Crippen molar-refractivity contribution in [2.24, 2.45) is 0 Å². The van der Waals surface area contributed by atoms with Crippen LogP contribution in [-0.4, -0.2) is 25.2 Å². The first-order valence-corrected chi connectivity index (χ1v) is 9.31. The fraction of sp³-hybridized carbons (Fsp3) is 0.278. The van der Waals surface area contributed by atoms with Gasteiger partial charge in [-0.05, 0) is 43.2 Å². The summed E-state index contributed by atoms with van der Waals surface area (Å²) in [7, 11) is 1.49. The van der Waals surface area contributed by atoms with Crippen LogP contribution in [-0.2, 0) is 0 Å². The predicted molar refractivity (Wildman–Crippen MR) is 101 cm³/mol. The average Bonchev–Trinajstić information content (AvgIpc) is 3.31. The first-order valence-electron chi connectivity index (χ1n) is 7.76. The third-order valence-electron chi connectivity index (χ3n) is 4.49. The Hall–Kier alpha value is -1.43. The molecule has 1 aliphatic carbocycles. The Morgan fingerprint density at radius 1 is 1.24 bits per heavy atom. The van der Waals surface area contributed by atoms with E-state index in [-0.39, 0.29) is 11.5 Å². The Labute approximate surface area is 163 Å². The molecule has 130 valence electrons. The van der Waals surface area contributed by atoms with E-state index >= 15 is 0 Å². The maximum atomic E-state index is 13.2. The van der Waals surface area contributed by atoms with Gasteiger partial charge in [-0.15, -0.1) is 0 Å². The van der Waals surface area contributed by atoms with Gasteiger partial charge in [-0.25, -0.2) is 0 Å². The van der Waals surface area contributed by atoms with E-state index in [4.69, 9.17) is 32.7 Å². The van der Waals surface area contributed by atoms with Crippen molar-refractivity contribution in [1.82, 2.24) is 0 Å². The molecule has 4 nitrogen and oxygen atoms in total. The van der Waals surface area contributed by atoms with Gasteiger partial charge in [0, 0.05) is 10.0 Å². The predicted octanol–water partition coefficient (Wildman–Crippen LogP) is 5.34.